The van der Waals surface area contributed by atoms with Gasteiger partial charge >= 0.3 is 11.9 Å². The van der Waals surface area contributed by atoms with Gasteiger partial charge in [0.25, 0.3) is 11.8 Å². The van der Waals surface area contributed by atoms with Crippen LogP contribution in [-0.2, 0) is 28.8 Å². The molecule has 214 valence electrons. The molecule has 1 saturated heterocycles. The lowest BCUT2D eigenvalue weighted by molar-refractivity contribution is -0.192. The number of hydrogen-bond donors (Lipinski definition) is 4. The number of carboxylic acids is 2. The van der Waals surface area contributed by atoms with E-state index >= 15 is 0 Å². The summed E-state index contributed by atoms with van der Waals surface area (Å²) >= 11 is 2.45. The molecule has 4 heterocycles. The fraction of sp³-hybridized carbons (Fsp3) is 0.417. The maximum atomic E-state index is 13.2. The minimum absolute atomic E-state index is 0.00504. The fourth-order valence-corrected chi connectivity index (χ4v) is 5.47. The van der Waals surface area contributed by atoms with Gasteiger partial charge in [-0.15, -0.1) is 23.1 Å². The molecule has 5 N–H and O–H groups in total. The van der Waals surface area contributed by atoms with Crippen molar-refractivity contribution < 1.29 is 39.0 Å². The Morgan fingerprint density at radius 1 is 1.38 bits per heavy atom. The number of thioether (sulfide) groups is 1. The maximum Gasteiger partial charge on any atom is 0.352 e. The molecule has 0 saturated carbocycles. The van der Waals surface area contributed by atoms with E-state index in [1.54, 1.807) is 6.92 Å². The number of ether oxygens (including phenoxy) is 1. The first-order valence-corrected chi connectivity index (χ1v) is 13.8. The van der Waals surface area contributed by atoms with Crippen LogP contribution in [0, 0.1) is 0 Å². The van der Waals surface area contributed by atoms with Gasteiger partial charge in [-0.2, -0.15) is 0 Å². The smallest absolute Gasteiger partial charge is 0.352 e. The Labute approximate surface area is 237 Å². The molecule has 2 amide bonds. The summed E-state index contributed by atoms with van der Waals surface area (Å²) in [5.41, 5.74) is 3.75. The summed E-state index contributed by atoms with van der Waals surface area (Å²) in [5.74, 6) is -3.93. The number of amides is 2. The van der Waals surface area contributed by atoms with Crippen molar-refractivity contribution in [1.29, 1.82) is 0 Å². The monoisotopic (exact) mass is 592 g/mol. The van der Waals surface area contributed by atoms with Crippen molar-refractivity contribution in [2.45, 2.75) is 44.7 Å². The van der Waals surface area contributed by atoms with Crippen molar-refractivity contribution in [3.63, 3.8) is 0 Å². The van der Waals surface area contributed by atoms with Crippen LogP contribution in [0.5, 0.6) is 0 Å². The number of hydrogen-bond acceptors (Lipinski definition) is 12. The Morgan fingerprint density at radius 2 is 2.10 bits per heavy atom. The summed E-state index contributed by atoms with van der Waals surface area (Å²) in [6.07, 6.45) is 4.12. The predicted molar refractivity (Wildman–Crippen MR) is 146 cm³/mol. The largest absolute Gasteiger partial charge is 0.478 e. The standard InChI is InChI=1S/C24H28N6O8S2/c1-11-13(9-39-12-5-7-29(4)8-6-12)17(21(33)34)30-19(32)16(20(30)37-11)27-18(31)15(14-10-40-23(25)26-14)28-38-24(2,3)22(35)36/h5-7,10-11,16,20H,8-9H2,1-4H3,(H2,25,26)(H,27,31)(H,33,34)(H,35,36)/b28-15+/t11-,16+,20+/m0/s1. The Morgan fingerprint density at radius 3 is 2.67 bits per heavy atom. The van der Waals surface area contributed by atoms with Gasteiger partial charge in [-0.1, -0.05) is 11.2 Å². The maximum absolute atomic E-state index is 13.2. The van der Waals surface area contributed by atoms with Crippen LogP contribution < -0.4 is 11.1 Å². The summed E-state index contributed by atoms with van der Waals surface area (Å²) in [6.45, 7) is 4.89. The van der Waals surface area contributed by atoms with Crippen molar-refractivity contribution in [2.75, 3.05) is 25.1 Å². The summed E-state index contributed by atoms with van der Waals surface area (Å²) in [7, 11) is 1.94. The van der Waals surface area contributed by atoms with Gasteiger partial charge in [-0.05, 0) is 32.4 Å². The second kappa shape index (κ2) is 11.3. The molecular weight excluding hydrogens is 564 g/mol. The molecule has 0 aliphatic carbocycles. The van der Waals surface area contributed by atoms with Crippen LogP contribution in [-0.4, -0.2) is 97.8 Å². The summed E-state index contributed by atoms with van der Waals surface area (Å²) in [6, 6.07) is -1.23. The summed E-state index contributed by atoms with van der Waals surface area (Å²) in [4.78, 5) is 63.1. The predicted octanol–water partition coefficient (Wildman–Crippen LogP) is 0.796. The number of aliphatic carboxylic acids is 2. The summed E-state index contributed by atoms with van der Waals surface area (Å²) in [5, 5.41) is 27.0. The first-order valence-electron chi connectivity index (χ1n) is 12.0. The second-order valence-electron chi connectivity index (χ2n) is 9.58. The number of allylic oxidation sites excluding steroid dienone is 1. The number of nitrogens with one attached hydrogen (secondary N) is 1. The topological polar surface area (TPSA) is 197 Å². The normalized spacial score (nSPS) is 22.9. The van der Waals surface area contributed by atoms with Crippen molar-refractivity contribution in [3.8, 4) is 0 Å². The van der Waals surface area contributed by atoms with E-state index < -0.39 is 53.4 Å². The average Bonchev–Trinajstić information content (AvgIpc) is 3.32. The van der Waals surface area contributed by atoms with Crippen molar-refractivity contribution in [3.05, 3.63) is 45.6 Å². The lowest BCUT2D eigenvalue weighted by Gasteiger charge is -2.51. The van der Waals surface area contributed by atoms with Gasteiger partial charge in [0.15, 0.2) is 23.1 Å². The third kappa shape index (κ3) is 5.83. The molecule has 0 spiro atoms. The van der Waals surface area contributed by atoms with Crippen molar-refractivity contribution in [1.82, 2.24) is 20.1 Å². The van der Waals surface area contributed by atoms with Crippen LogP contribution in [0.3, 0.4) is 0 Å². The third-order valence-electron chi connectivity index (χ3n) is 6.24. The van der Waals surface area contributed by atoms with E-state index in [0.717, 1.165) is 27.7 Å². The van der Waals surface area contributed by atoms with E-state index in [9.17, 15) is 29.4 Å². The summed E-state index contributed by atoms with van der Waals surface area (Å²) < 4.78 is 5.98. The number of likely N-dealkylation sites (N-methyl/N-ethyl adjacent to an activating group) is 1. The minimum atomic E-state index is -1.77. The van der Waals surface area contributed by atoms with Crippen LogP contribution in [0.25, 0.3) is 0 Å². The third-order valence-corrected chi connectivity index (χ3v) is 8.00. The van der Waals surface area contributed by atoms with Gasteiger partial charge in [0.1, 0.15) is 11.4 Å². The van der Waals surface area contributed by atoms with Crippen LogP contribution in [0.15, 0.2) is 45.1 Å². The SMILES string of the molecule is C[C@@H]1O[C@@H]2[C@H](NC(=O)/C(=N/OC(C)(C)C(=O)O)c3csc(N)n3)C(=O)N2C(C(=O)O)=C1CSC1=CCN(C)C=C1. The van der Waals surface area contributed by atoms with E-state index in [1.807, 2.05) is 30.3 Å². The molecule has 0 aromatic carbocycles. The quantitative estimate of drug-likeness (QED) is 0.170. The van der Waals surface area contributed by atoms with Crippen LogP contribution >= 0.6 is 23.1 Å². The number of fused-ring (bicyclic) bond motifs is 1. The Bertz CT molecular complexity index is 1370. The molecule has 1 aromatic rings. The minimum Gasteiger partial charge on any atom is -0.478 e. The van der Waals surface area contributed by atoms with Gasteiger partial charge in [-0.3, -0.25) is 14.5 Å². The number of β-lactam (4-membered cyclic amide) rings is 1. The first kappa shape index (κ1) is 29.1. The number of carbonyl (C=O) groups excluding carboxylic acids is 2. The Hall–Kier alpha value is -3.89. The molecule has 1 aromatic heterocycles. The number of nitrogens with zero attached hydrogens (tertiary/aromatic N) is 4. The second-order valence-corrected chi connectivity index (χ2v) is 11.5. The number of rotatable bonds is 10. The molecule has 0 radical (unpaired) electrons. The molecule has 0 bridgehead atoms. The van der Waals surface area contributed by atoms with Crippen molar-refractivity contribution in [2.24, 2.45) is 5.16 Å². The average molecular weight is 593 g/mol. The van der Waals surface area contributed by atoms with E-state index in [-0.39, 0.29) is 22.3 Å². The van der Waals surface area contributed by atoms with E-state index in [1.165, 1.54) is 31.0 Å². The molecule has 3 atom stereocenters. The van der Waals surface area contributed by atoms with Crippen LogP contribution in [0.2, 0.25) is 0 Å². The van der Waals surface area contributed by atoms with Crippen LogP contribution in [0.4, 0.5) is 5.13 Å². The lowest BCUT2D eigenvalue weighted by Crippen LogP contribution is -2.74. The number of carboxylic acid groups (broad SMARTS) is 2. The zero-order valence-electron chi connectivity index (χ0n) is 22.0. The van der Waals surface area contributed by atoms with E-state index in [2.05, 4.69) is 15.5 Å². The van der Waals surface area contributed by atoms with Gasteiger partial charge < -0.3 is 35.7 Å². The molecule has 3 aliphatic heterocycles. The first-order chi connectivity index (χ1) is 18.8. The highest BCUT2D eigenvalue weighted by Gasteiger charge is 2.56. The molecule has 16 heteroatoms. The van der Waals surface area contributed by atoms with Gasteiger partial charge in [0.05, 0.1) is 6.10 Å². The number of nitrogen functional groups attached to an aromatic ring is 1. The number of aromatic nitrogens is 1. The van der Waals surface area contributed by atoms with Crippen molar-refractivity contribution >= 4 is 57.7 Å². The molecule has 1 fully saturated rings. The van der Waals surface area contributed by atoms with E-state index in [4.69, 9.17) is 15.3 Å². The lowest BCUT2D eigenvalue weighted by atomic mass is 9.96. The Kier molecular flexibility index (Phi) is 8.23. The zero-order chi connectivity index (χ0) is 29.4. The number of nitrogens with two attached hydrogens (primary N) is 1. The fourth-order valence-electron chi connectivity index (χ4n) is 3.88. The number of anilines is 1. The number of oxime groups is 1. The molecule has 3 aliphatic rings. The highest BCUT2D eigenvalue weighted by atomic mass is 32.2. The molecule has 0 unspecified atom stereocenters. The highest BCUT2D eigenvalue weighted by Crippen LogP contribution is 2.38. The molecular formula is C24H28N6O8S2. The Balaban J connectivity index is 1.53. The van der Waals surface area contributed by atoms with Gasteiger partial charge in [0.2, 0.25) is 5.60 Å². The molecule has 4 rings (SSSR count). The van der Waals surface area contributed by atoms with Crippen LogP contribution in [0.1, 0.15) is 26.5 Å². The van der Waals surface area contributed by atoms with E-state index in [0.29, 0.717) is 5.57 Å². The van der Waals surface area contributed by atoms with Gasteiger partial charge in [0, 0.05) is 35.8 Å². The molecule has 14 nitrogen and oxygen atoms in total. The highest BCUT2D eigenvalue weighted by molar-refractivity contribution is 8.03. The number of thiazole rings is 1. The molecule has 40 heavy (non-hydrogen) atoms. The number of carbonyl (C=O) groups is 4. The zero-order valence-corrected chi connectivity index (χ0v) is 23.6. The van der Waals surface area contributed by atoms with Gasteiger partial charge in [-0.25, -0.2) is 14.6 Å².